The fraction of sp³-hybridized carbons (Fsp3) is 1.00. The summed E-state index contributed by atoms with van der Waals surface area (Å²) >= 11 is 0. The van der Waals surface area contributed by atoms with Crippen molar-refractivity contribution < 1.29 is 0 Å². The molecule has 2 saturated carbocycles. The molecule has 0 N–H and O–H groups in total. The van der Waals surface area contributed by atoms with Crippen molar-refractivity contribution >= 4 is 0 Å². The Morgan fingerprint density at radius 2 is 1.12 bits per heavy atom. The number of hydrogen-bond acceptors (Lipinski definition) is 0. The van der Waals surface area contributed by atoms with E-state index in [1.807, 2.05) is 0 Å². The largest absolute Gasteiger partial charge is 0.0649 e. The van der Waals surface area contributed by atoms with Gasteiger partial charge in [0.1, 0.15) is 0 Å². The molecule has 0 unspecified atom stereocenters. The van der Waals surface area contributed by atoms with Gasteiger partial charge in [0.05, 0.1) is 0 Å². The first-order valence-corrected chi connectivity index (χ1v) is 7.39. The summed E-state index contributed by atoms with van der Waals surface area (Å²) in [6, 6.07) is 0. The van der Waals surface area contributed by atoms with Crippen LogP contribution in [0.3, 0.4) is 0 Å². The van der Waals surface area contributed by atoms with Crippen molar-refractivity contribution in [2.45, 2.75) is 85.5 Å². The van der Waals surface area contributed by atoms with E-state index in [1.54, 1.807) is 0 Å². The lowest BCUT2D eigenvalue weighted by atomic mass is 9.56. The molecule has 2 aliphatic rings. The Kier molecular flexibility index (Phi) is 3.14. The highest BCUT2D eigenvalue weighted by atomic mass is 14.5. The van der Waals surface area contributed by atoms with Gasteiger partial charge >= 0.3 is 0 Å². The molecule has 0 heterocycles. The summed E-state index contributed by atoms with van der Waals surface area (Å²) in [5.74, 6) is 0. The molecule has 0 aromatic rings. The van der Waals surface area contributed by atoms with Crippen molar-refractivity contribution in [2.24, 2.45) is 16.2 Å². The van der Waals surface area contributed by atoms with Crippen LogP contribution in [0, 0.1) is 16.2 Å². The molecule has 0 saturated heterocycles. The van der Waals surface area contributed by atoms with E-state index in [9.17, 15) is 0 Å². The molecule has 0 heteroatoms. The molecule has 16 heavy (non-hydrogen) atoms. The lowest BCUT2D eigenvalue weighted by Crippen LogP contribution is -2.37. The fourth-order valence-electron chi connectivity index (χ4n) is 3.69. The third-order valence-electron chi connectivity index (χ3n) is 6.04. The van der Waals surface area contributed by atoms with Crippen LogP contribution in [-0.2, 0) is 0 Å². The van der Waals surface area contributed by atoms with Crippen LogP contribution in [0.4, 0.5) is 0 Å². The van der Waals surface area contributed by atoms with Crippen molar-refractivity contribution in [2.75, 3.05) is 0 Å². The van der Waals surface area contributed by atoms with Gasteiger partial charge < -0.3 is 0 Å². The predicted octanol–water partition coefficient (Wildman–Crippen LogP) is 5.56. The standard InChI is InChI=1S/C16H30/c1-5-15(4)8-12-16(13-9-15)10-6-14(2,3)7-11-16/h5-13H2,1-4H3. The first kappa shape index (κ1) is 12.5. The molecule has 2 aliphatic carbocycles. The van der Waals surface area contributed by atoms with E-state index in [0.717, 1.165) is 5.41 Å². The molecule has 0 aliphatic heterocycles. The highest BCUT2D eigenvalue weighted by Crippen LogP contribution is 2.56. The van der Waals surface area contributed by atoms with E-state index in [2.05, 4.69) is 27.7 Å². The Labute approximate surface area is 102 Å². The minimum Gasteiger partial charge on any atom is -0.0649 e. The molecule has 94 valence electrons. The number of rotatable bonds is 1. The van der Waals surface area contributed by atoms with Gasteiger partial charge in [-0.25, -0.2) is 0 Å². The average Bonchev–Trinajstić information content (AvgIpc) is 2.27. The summed E-state index contributed by atoms with van der Waals surface area (Å²) in [6.45, 7) is 9.80. The third kappa shape index (κ3) is 2.46. The second kappa shape index (κ2) is 4.03. The maximum Gasteiger partial charge on any atom is -0.0297 e. The molecule has 0 atom stereocenters. The van der Waals surface area contributed by atoms with Gasteiger partial charge in [0.2, 0.25) is 0 Å². The summed E-state index contributed by atoms with van der Waals surface area (Å²) in [5.41, 5.74) is 2.08. The minimum absolute atomic E-state index is 0.636. The van der Waals surface area contributed by atoms with Crippen molar-refractivity contribution in [1.29, 1.82) is 0 Å². The van der Waals surface area contributed by atoms with Crippen LogP contribution in [-0.4, -0.2) is 0 Å². The normalized spacial score (nSPS) is 31.5. The summed E-state index contributed by atoms with van der Waals surface area (Å²) in [7, 11) is 0. The van der Waals surface area contributed by atoms with Crippen molar-refractivity contribution in [3.63, 3.8) is 0 Å². The maximum absolute atomic E-state index is 2.51. The van der Waals surface area contributed by atoms with Gasteiger partial charge in [0.15, 0.2) is 0 Å². The quantitative estimate of drug-likeness (QED) is 0.544. The second-order valence-electron chi connectivity index (χ2n) is 7.83. The first-order valence-electron chi connectivity index (χ1n) is 7.39. The van der Waals surface area contributed by atoms with Crippen molar-refractivity contribution in [3.05, 3.63) is 0 Å². The van der Waals surface area contributed by atoms with Crippen LogP contribution < -0.4 is 0 Å². The minimum atomic E-state index is 0.636. The monoisotopic (exact) mass is 222 g/mol. The summed E-state index contributed by atoms with van der Waals surface area (Å²) < 4.78 is 0. The van der Waals surface area contributed by atoms with Crippen LogP contribution in [0.25, 0.3) is 0 Å². The zero-order valence-electron chi connectivity index (χ0n) is 11.9. The Morgan fingerprint density at radius 3 is 1.56 bits per heavy atom. The molecular formula is C16H30. The molecule has 0 nitrogen and oxygen atoms in total. The van der Waals surface area contributed by atoms with Gasteiger partial charge in [0, 0.05) is 0 Å². The Balaban J connectivity index is 1.94. The molecular weight excluding hydrogens is 192 g/mol. The number of hydrogen-bond donors (Lipinski definition) is 0. The molecule has 2 rings (SSSR count). The molecule has 0 bridgehead atoms. The Morgan fingerprint density at radius 1 is 0.688 bits per heavy atom. The summed E-state index contributed by atoms with van der Waals surface area (Å²) in [5, 5.41) is 0. The zero-order valence-corrected chi connectivity index (χ0v) is 11.9. The van der Waals surface area contributed by atoms with E-state index in [4.69, 9.17) is 0 Å². The predicted molar refractivity (Wildman–Crippen MR) is 71.5 cm³/mol. The second-order valence-corrected chi connectivity index (χ2v) is 7.83. The molecule has 1 spiro atoms. The average molecular weight is 222 g/mol. The van der Waals surface area contributed by atoms with Gasteiger partial charge in [-0.05, 0) is 67.6 Å². The maximum atomic E-state index is 2.51. The van der Waals surface area contributed by atoms with Gasteiger partial charge in [-0.1, -0.05) is 34.1 Å². The SMILES string of the molecule is CCC1(C)CCC2(CCC(C)(C)CC2)CC1. The molecule has 0 amide bonds. The Hall–Kier alpha value is 0. The third-order valence-corrected chi connectivity index (χ3v) is 6.04. The fourth-order valence-corrected chi connectivity index (χ4v) is 3.69. The van der Waals surface area contributed by atoms with Crippen LogP contribution >= 0.6 is 0 Å². The van der Waals surface area contributed by atoms with Gasteiger partial charge in [0.25, 0.3) is 0 Å². The smallest absolute Gasteiger partial charge is 0.0297 e. The van der Waals surface area contributed by atoms with E-state index in [0.29, 0.717) is 10.8 Å². The van der Waals surface area contributed by atoms with Gasteiger partial charge in [-0.3, -0.25) is 0 Å². The van der Waals surface area contributed by atoms with E-state index in [-0.39, 0.29) is 0 Å². The molecule has 0 aromatic heterocycles. The van der Waals surface area contributed by atoms with E-state index < -0.39 is 0 Å². The van der Waals surface area contributed by atoms with Crippen LogP contribution in [0.2, 0.25) is 0 Å². The van der Waals surface area contributed by atoms with E-state index >= 15 is 0 Å². The lowest BCUT2D eigenvalue weighted by Gasteiger charge is -2.50. The van der Waals surface area contributed by atoms with E-state index in [1.165, 1.54) is 57.8 Å². The highest BCUT2D eigenvalue weighted by molar-refractivity contribution is 4.94. The van der Waals surface area contributed by atoms with Gasteiger partial charge in [-0.15, -0.1) is 0 Å². The zero-order chi connectivity index (χ0) is 11.9. The summed E-state index contributed by atoms with van der Waals surface area (Å²) in [4.78, 5) is 0. The Bertz CT molecular complexity index is 229. The van der Waals surface area contributed by atoms with Crippen LogP contribution in [0.5, 0.6) is 0 Å². The lowest BCUT2D eigenvalue weighted by molar-refractivity contribution is 0.0202. The molecule has 0 radical (unpaired) electrons. The summed E-state index contributed by atoms with van der Waals surface area (Å²) in [6.07, 6.45) is 13.4. The first-order chi connectivity index (χ1) is 7.39. The van der Waals surface area contributed by atoms with Gasteiger partial charge in [-0.2, -0.15) is 0 Å². The van der Waals surface area contributed by atoms with Crippen LogP contribution in [0.1, 0.15) is 85.5 Å². The molecule has 0 aromatic carbocycles. The van der Waals surface area contributed by atoms with Crippen molar-refractivity contribution in [1.82, 2.24) is 0 Å². The topological polar surface area (TPSA) is 0 Å². The molecule has 2 fully saturated rings. The van der Waals surface area contributed by atoms with Crippen molar-refractivity contribution in [3.8, 4) is 0 Å². The highest BCUT2D eigenvalue weighted by Gasteiger charge is 2.43. The van der Waals surface area contributed by atoms with Crippen LogP contribution in [0.15, 0.2) is 0 Å².